The molecular weight excluding hydrogens is 452 g/mol. The molecule has 11 nitrogen and oxygen atoms in total. The van der Waals surface area contributed by atoms with E-state index < -0.39 is 5.91 Å². The number of nitrogens with two attached hydrogens (primary N) is 1. The van der Waals surface area contributed by atoms with E-state index in [4.69, 9.17) is 19.9 Å². The molecule has 0 radical (unpaired) electrons. The standard InChI is InChI=1S/C24H30N6O5/c1-3-30-23(32)17-6-7-18(35-12-4-9-29-10-13-34-14-11-29)21(33-2)20(17)27-24(30)28-22(31)16-5-8-19(25)26-15-16/h5-8,15H,3-4,9-14H2,1-2H3,(H2,25,26)(H,27,28,31). The maximum Gasteiger partial charge on any atom is 0.262 e. The number of hydrogen-bond acceptors (Lipinski definition) is 9. The average Bonchev–Trinajstić information content (AvgIpc) is 2.87. The first-order chi connectivity index (χ1) is 17.0. The topological polar surface area (TPSA) is 134 Å². The van der Waals surface area contributed by atoms with Gasteiger partial charge in [-0.15, -0.1) is 0 Å². The Balaban J connectivity index is 1.58. The van der Waals surface area contributed by atoms with Gasteiger partial charge >= 0.3 is 0 Å². The number of nitrogens with one attached hydrogen (secondary N) is 1. The number of fused-ring (bicyclic) bond motifs is 1. The van der Waals surface area contributed by atoms with Crippen LogP contribution in [-0.2, 0) is 11.3 Å². The Labute approximate surface area is 202 Å². The smallest absolute Gasteiger partial charge is 0.262 e. The summed E-state index contributed by atoms with van der Waals surface area (Å²) in [6.45, 7) is 6.88. The Hall–Kier alpha value is -3.70. The van der Waals surface area contributed by atoms with E-state index >= 15 is 0 Å². The monoisotopic (exact) mass is 482 g/mol. The van der Waals surface area contributed by atoms with Gasteiger partial charge in [0.25, 0.3) is 11.5 Å². The van der Waals surface area contributed by atoms with Crippen LogP contribution >= 0.6 is 0 Å². The number of nitrogen functional groups attached to an aromatic ring is 1. The van der Waals surface area contributed by atoms with E-state index in [1.807, 2.05) is 0 Å². The lowest BCUT2D eigenvalue weighted by Crippen LogP contribution is -2.37. The molecule has 1 saturated heterocycles. The van der Waals surface area contributed by atoms with E-state index in [2.05, 4.69) is 20.2 Å². The van der Waals surface area contributed by atoms with Crippen molar-refractivity contribution in [2.45, 2.75) is 19.9 Å². The summed E-state index contributed by atoms with van der Waals surface area (Å²) in [6, 6.07) is 6.47. The van der Waals surface area contributed by atoms with Crippen LogP contribution in [0.2, 0.25) is 0 Å². The summed E-state index contributed by atoms with van der Waals surface area (Å²) in [4.78, 5) is 36.8. The maximum absolute atomic E-state index is 13.2. The first-order valence-electron chi connectivity index (χ1n) is 11.6. The normalized spacial score (nSPS) is 14.1. The van der Waals surface area contributed by atoms with Crippen molar-refractivity contribution in [3.05, 3.63) is 46.4 Å². The Morgan fingerprint density at radius 2 is 2.03 bits per heavy atom. The highest BCUT2D eigenvalue weighted by atomic mass is 16.5. The molecule has 186 valence electrons. The van der Waals surface area contributed by atoms with Gasteiger partial charge in [-0.25, -0.2) is 9.97 Å². The van der Waals surface area contributed by atoms with Crippen molar-refractivity contribution in [2.24, 2.45) is 0 Å². The Kier molecular flexibility index (Phi) is 7.78. The van der Waals surface area contributed by atoms with E-state index in [0.29, 0.717) is 46.9 Å². The molecule has 4 rings (SSSR count). The number of ether oxygens (including phenoxy) is 3. The second kappa shape index (κ2) is 11.2. The number of anilines is 2. The molecule has 3 aromatic rings. The summed E-state index contributed by atoms with van der Waals surface area (Å²) in [5, 5.41) is 3.08. The molecule has 3 N–H and O–H groups in total. The molecule has 1 aliphatic heterocycles. The van der Waals surface area contributed by atoms with Crippen molar-refractivity contribution in [2.75, 3.05) is 57.6 Å². The molecule has 1 aromatic carbocycles. The van der Waals surface area contributed by atoms with Crippen LogP contribution in [0.5, 0.6) is 11.5 Å². The summed E-state index contributed by atoms with van der Waals surface area (Å²) in [5.74, 6) is 0.787. The molecule has 0 unspecified atom stereocenters. The quantitative estimate of drug-likeness (QED) is 0.438. The highest BCUT2D eigenvalue weighted by Gasteiger charge is 2.19. The number of methoxy groups -OCH3 is 1. The molecule has 0 saturated carbocycles. The molecule has 2 aromatic heterocycles. The third-order valence-corrected chi connectivity index (χ3v) is 5.82. The summed E-state index contributed by atoms with van der Waals surface area (Å²) in [6.07, 6.45) is 2.20. The lowest BCUT2D eigenvalue weighted by Gasteiger charge is -2.26. The zero-order valence-corrected chi connectivity index (χ0v) is 20.0. The van der Waals surface area contributed by atoms with Crippen LogP contribution in [0.25, 0.3) is 10.9 Å². The summed E-state index contributed by atoms with van der Waals surface area (Å²) in [5.41, 5.74) is 5.92. The predicted octanol–water partition coefficient (Wildman–Crippen LogP) is 1.76. The van der Waals surface area contributed by atoms with Crippen LogP contribution in [0.3, 0.4) is 0 Å². The van der Waals surface area contributed by atoms with Crippen LogP contribution in [-0.4, -0.2) is 71.9 Å². The van der Waals surface area contributed by atoms with Gasteiger partial charge in [0.2, 0.25) is 5.95 Å². The molecule has 3 heterocycles. The Bertz CT molecular complexity index is 1240. The Morgan fingerprint density at radius 3 is 2.71 bits per heavy atom. The van der Waals surface area contributed by atoms with E-state index in [0.717, 1.165) is 39.3 Å². The Morgan fingerprint density at radius 1 is 1.23 bits per heavy atom. The fourth-order valence-electron chi connectivity index (χ4n) is 3.95. The van der Waals surface area contributed by atoms with Crippen molar-refractivity contribution >= 4 is 28.6 Å². The van der Waals surface area contributed by atoms with Crippen LogP contribution in [0.15, 0.2) is 35.3 Å². The van der Waals surface area contributed by atoms with Gasteiger partial charge in [-0.3, -0.25) is 24.4 Å². The van der Waals surface area contributed by atoms with Crippen molar-refractivity contribution in [1.29, 1.82) is 0 Å². The molecule has 11 heteroatoms. The minimum Gasteiger partial charge on any atom is -0.491 e. The van der Waals surface area contributed by atoms with Gasteiger partial charge in [0.05, 0.1) is 37.9 Å². The number of hydrogen-bond donors (Lipinski definition) is 2. The number of pyridine rings is 1. The molecule has 0 aliphatic carbocycles. The zero-order valence-electron chi connectivity index (χ0n) is 20.0. The van der Waals surface area contributed by atoms with Gasteiger partial charge in [0.15, 0.2) is 11.5 Å². The number of nitrogens with zero attached hydrogens (tertiary/aromatic N) is 4. The number of carbonyl (C=O) groups is 1. The third-order valence-electron chi connectivity index (χ3n) is 5.82. The molecule has 0 bridgehead atoms. The van der Waals surface area contributed by atoms with Gasteiger partial charge in [0.1, 0.15) is 11.3 Å². The lowest BCUT2D eigenvalue weighted by molar-refractivity contribution is 0.0357. The van der Waals surface area contributed by atoms with Crippen molar-refractivity contribution < 1.29 is 19.0 Å². The average molecular weight is 483 g/mol. The second-order valence-corrected chi connectivity index (χ2v) is 8.06. The van der Waals surface area contributed by atoms with E-state index in [1.54, 1.807) is 25.1 Å². The maximum atomic E-state index is 13.2. The SMILES string of the molecule is CCn1c(NC(=O)c2ccc(N)nc2)nc2c(OC)c(OCCCN3CCOCC3)ccc2c1=O. The van der Waals surface area contributed by atoms with Gasteiger partial charge in [-0.1, -0.05) is 0 Å². The van der Waals surface area contributed by atoms with E-state index in [1.165, 1.54) is 23.9 Å². The molecule has 1 fully saturated rings. The van der Waals surface area contributed by atoms with E-state index in [9.17, 15) is 9.59 Å². The van der Waals surface area contributed by atoms with Crippen molar-refractivity contribution in [3.63, 3.8) is 0 Å². The number of rotatable bonds is 9. The number of amides is 1. The molecular formula is C24H30N6O5. The van der Waals surface area contributed by atoms with Crippen LogP contribution in [0, 0.1) is 0 Å². The third kappa shape index (κ3) is 5.52. The number of benzene rings is 1. The van der Waals surface area contributed by atoms with Gasteiger partial charge in [0, 0.05) is 32.4 Å². The molecule has 1 amide bonds. The molecule has 1 aliphatic rings. The summed E-state index contributed by atoms with van der Waals surface area (Å²) < 4.78 is 18.4. The minimum atomic E-state index is -0.458. The fourth-order valence-corrected chi connectivity index (χ4v) is 3.95. The summed E-state index contributed by atoms with van der Waals surface area (Å²) >= 11 is 0. The molecule has 0 atom stereocenters. The first-order valence-corrected chi connectivity index (χ1v) is 11.6. The van der Waals surface area contributed by atoms with Crippen molar-refractivity contribution in [3.8, 4) is 11.5 Å². The highest BCUT2D eigenvalue weighted by molar-refractivity contribution is 6.03. The largest absolute Gasteiger partial charge is 0.491 e. The second-order valence-electron chi connectivity index (χ2n) is 8.06. The first kappa shape index (κ1) is 24.4. The van der Waals surface area contributed by atoms with Crippen LogP contribution in [0.4, 0.5) is 11.8 Å². The number of carbonyl (C=O) groups excluding carboxylic acids is 1. The van der Waals surface area contributed by atoms with Crippen molar-refractivity contribution in [1.82, 2.24) is 19.4 Å². The number of morpholine rings is 1. The van der Waals surface area contributed by atoms with Gasteiger partial charge in [-0.2, -0.15) is 0 Å². The highest BCUT2D eigenvalue weighted by Crippen LogP contribution is 2.34. The lowest BCUT2D eigenvalue weighted by atomic mass is 10.2. The molecule has 35 heavy (non-hydrogen) atoms. The fraction of sp³-hybridized carbons (Fsp3) is 0.417. The van der Waals surface area contributed by atoms with Gasteiger partial charge < -0.3 is 19.9 Å². The summed E-state index contributed by atoms with van der Waals surface area (Å²) in [7, 11) is 1.50. The van der Waals surface area contributed by atoms with E-state index in [-0.39, 0.29) is 11.5 Å². The van der Waals surface area contributed by atoms with Crippen LogP contribution in [0.1, 0.15) is 23.7 Å². The van der Waals surface area contributed by atoms with Crippen LogP contribution < -0.4 is 26.1 Å². The number of aromatic nitrogens is 3. The predicted molar refractivity (Wildman–Crippen MR) is 132 cm³/mol. The minimum absolute atomic E-state index is 0.106. The van der Waals surface area contributed by atoms with Gasteiger partial charge in [-0.05, 0) is 37.6 Å². The molecule has 0 spiro atoms. The zero-order chi connectivity index (χ0) is 24.8.